The summed E-state index contributed by atoms with van der Waals surface area (Å²) in [7, 11) is -2.89. The van der Waals surface area contributed by atoms with Gasteiger partial charge in [-0.05, 0) is 0 Å². The SMILES string of the molecule is CC(C)C(=O)N1CCN(CCS(C)(=O)=O)CC1. The van der Waals surface area contributed by atoms with Gasteiger partial charge in [0.1, 0.15) is 9.84 Å². The van der Waals surface area contributed by atoms with Crippen LogP contribution in [0.5, 0.6) is 0 Å². The molecule has 0 saturated carbocycles. The second-order valence-corrected chi connectivity index (χ2v) is 7.21. The van der Waals surface area contributed by atoms with Crippen LogP contribution in [-0.2, 0) is 14.6 Å². The van der Waals surface area contributed by atoms with Crippen LogP contribution in [0.25, 0.3) is 0 Å². The van der Waals surface area contributed by atoms with Crippen LogP contribution in [0.3, 0.4) is 0 Å². The van der Waals surface area contributed by atoms with Gasteiger partial charge < -0.3 is 4.90 Å². The summed E-state index contributed by atoms with van der Waals surface area (Å²) < 4.78 is 22.1. The van der Waals surface area contributed by atoms with E-state index in [1.54, 1.807) is 0 Å². The average molecular weight is 262 g/mol. The summed E-state index contributed by atoms with van der Waals surface area (Å²) in [6, 6.07) is 0. The Morgan fingerprint density at radius 3 is 2.12 bits per heavy atom. The maximum absolute atomic E-state index is 11.7. The Morgan fingerprint density at radius 2 is 1.71 bits per heavy atom. The molecule has 1 aliphatic rings. The van der Waals surface area contributed by atoms with E-state index < -0.39 is 9.84 Å². The van der Waals surface area contributed by atoms with Crippen molar-refractivity contribution in [1.29, 1.82) is 0 Å². The molecule has 0 aromatic heterocycles. The molecule has 5 nitrogen and oxygen atoms in total. The van der Waals surface area contributed by atoms with Crippen molar-refractivity contribution in [2.24, 2.45) is 5.92 Å². The highest BCUT2D eigenvalue weighted by Crippen LogP contribution is 2.07. The zero-order valence-electron chi connectivity index (χ0n) is 10.8. The molecule has 0 aromatic carbocycles. The first-order valence-electron chi connectivity index (χ1n) is 5.98. The Balaban J connectivity index is 2.34. The third kappa shape index (κ3) is 5.04. The van der Waals surface area contributed by atoms with Gasteiger partial charge in [0.2, 0.25) is 5.91 Å². The number of piperazine rings is 1. The van der Waals surface area contributed by atoms with Crippen LogP contribution >= 0.6 is 0 Å². The number of carbonyl (C=O) groups excluding carboxylic acids is 1. The fraction of sp³-hybridized carbons (Fsp3) is 0.909. The Labute approximate surface area is 104 Å². The minimum absolute atomic E-state index is 0.0394. The molecule has 0 N–H and O–H groups in total. The minimum Gasteiger partial charge on any atom is -0.340 e. The van der Waals surface area contributed by atoms with Gasteiger partial charge in [0, 0.05) is 44.9 Å². The first-order valence-corrected chi connectivity index (χ1v) is 8.04. The average Bonchev–Trinajstić information content (AvgIpc) is 2.25. The van der Waals surface area contributed by atoms with Crippen molar-refractivity contribution in [3.8, 4) is 0 Å². The summed E-state index contributed by atoms with van der Waals surface area (Å²) in [5.74, 6) is 0.427. The molecule has 1 rings (SSSR count). The largest absolute Gasteiger partial charge is 0.340 e. The molecule has 0 bridgehead atoms. The third-order valence-electron chi connectivity index (χ3n) is 2.96. The quantitative estimate of drug-likeness (QED) is 0.706. The molecular weight excluding hydrogens is 240 g/mol. The van der Waals surface area contributed by atoms with Crippen molar-refractivity contribution in [3.63, 3.8) is 0 Å². The molecule has 0 aromatic rings. The zero-order valence-corrected chi connectivity index (χ0v) is 11.7. The molecule has 0 aliphatic carbocycles. The molecule has 1 saturated heterocycles. The Kier molecular flexibility index (Phi) is 4.94. The van der Waals surface area contributed by atoms with Crippen LogP contribution in [0.2, 0.25) is 0 Å². The van der Waals surface area contributed by atoms with Crippen molar-refractivity contribution in [1.82, 2.24) is 9.80 Å². The molecular formula is C11H22N2O3S. The van der Waals surface area contributed by atoms with Crippen LogP contribution in [-0.4, -0.2) is 68.9 Å². The van der Waals surface area contributed by atoms with Gasteiger partial charge in [-0.15, -0.1) is 0 Å². The number of hydrogen-bond donors (Lipinski definition) is 0. The van der Waals surface area contributed by atoms with Crippen molar-refractivity contribution in [2.45, 2.75) is 13.8 Å². The van der Waals surface area contributed by atoms with Gasteiger partial charge in [-0.3, -0.25) is 9.69 Å². The van der Waals surface area contributed by atoms with Gasteiger partial charge in [0.05, 0.1) is 5.75 Å². The molecule has 1 heterocycles. The zero-order chi connectivity index (χ0) is 13.1. The second kappa shape index (κ2) is 5.82. The topological polar surface area (TPSA) is 57.7 Å². The molecule has 1 aliphatic heterocycles. The number of carbonyl (C=O) groups is 1. The molecule has 6 heteroatoms. The van der Waals surface area contributed by atoms with Gasteiger partial charge in [-0.1, -0.05) is 13.8 Å². The lowest BCUT2D eigenvalue weighted by Gasteiger charge is -2.35. The summed E-state index contributed by atoms with van der Waals surface area (Å²) in [6.07, 6.45) is 1.26. The van der Waals surface area contributed by atoms with E-state index in [1.807, 2.05) is 18.7 Å². The van der Waals surface area contributed by atoms with Gasteiger partial charge in [0.15, 0.2) is 0 Å². The van der Waals surface area contributed by atoms with Gasteiger partial charge >= 0.3 is 0 Å². The molecule has 0 unspecified atom stereocenters. The maximum atomic E-state index is 11.7. The molecule has 1 amide bonds. The molecule has 100 valence electrons. The predicted octanol–water partition coefficient (Wildman–Crippen LogP) is -0.169. The number of rotatable bonds is 4. The number of sulfone groups is 1. The standard InChI is InChI=1S/C11H22N2O3S/c1-10(2)11(14)13-6-4-12(5-7-13)8-9-17(3,15)16/h10H,4-9H2,1-3H3. The van der Waals surface area contributed by atoms with E-state index in [2.05, 4.69) is 4.90 Å². The number of nitrogens with zero attached hydrogens (tertiary/aromatic N) is 2. The van der Waals surface area contributed by atoms with Crippen molar-refractivity contribution >= 4 is 15.7 Å². The lowest BCUT2D eigenvalue weighted by Crippen LogP contribution is -2.50. The second-order valence-electron chi connectivity index (χ2n) is 4.95. The lowest BCUT2D eigenvalue weighted by atomic mass is 10.1. The van der Waals surface area contributed by atoms with E-state index in [0.717, 1.165) is 13.1 Å². The Morgan fingerprint density at radius 1 is 1.18 bits per heavy atom. The molecule has 1 fully saturated rings. The van der Waals surface area contributed by atoms with Crippen LogP contribution in [0.15, 0.2) is 0 Å². The first kappa shape index (κ1) is 14.4. The highest BCUT2D eigenvalue weighted by Gasteiger charge is 2.22. The van der Waals surface area contributed by atoms with E-state index in [0.29, 0.717) is 19.6 Å². The van der Waals surface area contributed by atoms with Crippen molar-refractivity contribution < 1.29 is 13.2 Å². The number of amides is 1. The normalized spacial score (nSPS) is 18.7. The smallest absolute Gasteiger partial charge is 0.225 e. The van der Waals surface area contributed by atoms with Crippen LogP contribution < -0.4 is 0 Å². The Hall–Kier alpha value is -0.620. The van der Waals surface area contributed by atoms with E-state index in [1.165, 1.54) is 6.26 Å². The highest BCUT2D eigenvalue weighted by molar-refractivity contribution is 7.90. The third-order valence-corrected chi connectivity index (χ3v) is 3.88. The van der Waals surface area contributed by atoms with Crippen molar-refractivity contribution in [3.05, 3.63) is 0 Å². The van der Waals surface area contributed by atoms with Gasteiger partial charge in [-0.25, -0.2) is 8.42 Å². The highest BCUT2D eigenvalue weighted by atomic mass is 32.2. The number of hydrogen-bond acceptors (Lipinski definition) is 4. The van der Waals surface area contributed by atoms with Crippen LogP contribution in [0, 0.1) is 5.92 Å². The van der Waals surface area contributed by atoms with Crippen molar-refractivity contribution in [2.75, 3.05) is 44.7 Å². The fourth-order valence-electron chi connectivity index (χ4n) is 1.85. The molecule has 0 radical (unpaired) electrons. The maximum Gasteiger partial charge on any atom is 0.225 e. The van der Waals surface area contributed by atoms with Crippen LogP contribution in [0.4, 0.5) is 0 Å². The van der Waals surface area contributed by atoms with E-state index in [4.69, 9.17) is 0 Å². The van der Waals surface area contributed by atoms with E-state index >= 15 is 0 Å². The van der Waals surface area contributed by atoms with Gasteiger partial charge in [-0.2, -0.15) is 0 Å². The molecule has 0 spiro atoms. The minimum atomic E-state index is -2.89. The summed E-state index contributed by atoms with van der Waals surface area (Å²) in [6.45, 7) is 7.34. The van der Waals surface area contributed by atoms with E-state index in [9.17, 15) is 13.2 Å². The molecule has 0 atom stereocenters. The summed E-state index contributed by atoms with van der Waals surface area (Å²) in [5.41, 5.74) is 0. The van der Waals surface area contributed by atoms with Crippen LogP contribution in [0.1, 0.15) is 13.8 Å². The van der Waals surface area contributed by atoms with E-state index in [-0.39, 0.29) is 17.6 Å². The Bertz CT molecular complexity index is 357. The summed E-state index contributed by atoms with van der Waals surface area (Å²) in [4.78, 5) is 15.7. The summed E-state index contributed by atoms with van der Waals surface area (Å²) >= 11 is 0. The van der Waals surface area contributed by atoms with Gasteiger partial charge in [0.25, 0.3) is 0 Å². The monoisotopic (exact) mass is 262 g/mol. The predicted molar refractivity (Wildman–Crippen MR) is 67.6 cm³/mol. The lowest BCUT2D eigenvalue weighted by molar-refractivity contribution is -0.136. The summed E-state index contributed by atoms with van der Waals surface area (Å²) in [5, 5.41) is 0. The fourth-order valence-corrected chi connectivity index (χ4v) is 2.44. The first-order chi connectivity index (χ1) is 7.79. The molecule has 17 heavy (non-hydrogen) atoms.